The van der Waals surface area contributed by atoms with Crippen LogP contribution in [0.1, 0.15) is 38.5 Å². The van der Waals surface area contributed by atoms with E-state index in [0.29, 0.717) is 24.5 Å². The number of nitrogens with two attached hydrogens (primary N) is 1. The van der Waals surface area contributed by atoms with Crippen LogP contribution in [0, 0.1) is 11.7 Å². The number of alkyl halides is 3. The van der Waals surface area contributed by atoms with Crippen molar-refractivity contribution in [2.45, 2.75) is 56.8 Å². The molecule has 1 saturated heterocycles. The van der Waals surface area contributed by atoms with Crippen LogP contribution in [0.5, 0.6) is 0 Å². The van der Waals surface area contributed by atoms with Gasteiger partial charge in [0.15, 0.2) is 0 Å². The Morgan fingerprint density at radius 2 is 1.64 bits per heavy atom. The van der Waals surface area contributed by atoms with E-state index in [0.717, 1.165) is 25.7 Å². The third kappa shape index (κ3) is 4.57. The van der Waals surface area contributed by atoms with Gasteiger partial charge in [-0.05, 0) is 56.7 Å². The minimum absolute atomic E-state index is 0.0629. The summed E-state index contributed by atoms with van der Waals surface area (Å²) < 4.78 is 52.6. The van der Waals surface area contributed by atoms with Gasteiger partial charge < -0.3 is 16.0 Å². The first kappa shape index (κ1) is 18.3. The first-order valence-electron chi connectivity index (χ1n) is 8.96. The first-order chi connectivity index (χ1) is 11.8. The molecular formula is C18H25F4N3. The van der Waals surface area contributed by atoms with Crippen LogP contribution in [-0.4, -0.2) is 31.3 Å². The summed E-state index contributed by atoms with van der Waals surface area (Å²) in [5.41, 5.74) is 6.98. The predicted molar refractivity (Wildman–Crippen MR) is 91.2 cm³/mol. The number of rotatable bonds is 3. The summed E-state index contributed by atoms with van der Waals surface area (Å²) in [7, 11) is 0. The summed E-state index contributed by atoms with van der Waals surface area (Å²) in [6, 6.07) is 5.36. The molecule has 0 spiro atoms. The van der Waals surface area contributed by atoms with Crippen molar-refractivity contribution in [1.82, 2.24) is 0 Å². The number of benzene rings is 1. The van der Waals surface area contributed by atoms with E-state index < -0.39 is 12.1 Å². The lowest BCUT2D eigenvalue weighted by Crippen LogP contribution is -2.39. The van der Waals surface area contributed by atoms with Gasteiger partial charge in [-0.1, -0.05) is 0 Å². The quantitative estimate of drug-likeness (QED) is 0.791. The Bertz CT molecular complexity index is 574. The molecule has 0 radical (unpaired) electrons. The highest BCUT2D eigenvalue weighted by atomic mass is 19.4. The van der Waals surface area contributed by atoms with Crippen LogP contribution in [0.25, 0.3) is 0 Å². The van der Waals surface area contributed by atoms with Crippen molar-refractivity contribution >= 4 is 11.4 Å². The van der Waals surface area contributed by atoms with Crippen LogP contribution < -0.4 is 16.0 Å². The van der Waals surface area contributed by atoms with E-state index in [9.17, 15) is 17.6 Å². The van der Waals surface area contributed by atoms with Crippen LogP contribution in [0.3, 0.4) is 0 Å². The van der Waals surface area contributed by atoms with Crippen LogP contribution in [0.15, 0.2) is 18.2 Å². The van der Waals surface area contributed by atoms with Crippen LogP contribution in [0.2, 0.25) is 0 Å². The van der Waals surface area contributed by atoms with Gasteiger partial charge in [-0.3, -0.25) is 0 Å². The lowest BCUT2D eigenvalue weighted by Gasteiger charge is -2.34. The number of hydrogen-bond acceptors (Lipinski definition) is 3. The van der Waals surface area contributed by atoms with Crippen LogP contribution in [-0.2, 0) is 0 Å². The van der Waals surface area contributed by atoms with Gasteiger partial charge in [0.2, 0.25) is 0 Å². The average Bonchev–Trinajstić information content (AvgIpc) is 2.58. The summed E-state index contributed by atoms with van der Waals surface area (Å²) in [5, 5.41) is 3.23. The lowest BCUT2D eigenvalue weighted by molar-refractivity contribution is -0.179. The highest BCUT2D eigenvalue weighted by molar-refractivity contribution is 5.56. The maximum Gasteiger partial charge on any atom is 0.391 e. The van der Waals surface area contributed by atoms with Crippen molar-refractivity contribution in [1.29, 1.82) is 0 Å². The molecule has 1 aliphatic heterocycles. The molecule has 0 atom stereocenters. The molecule has 7 heteroatoms. The third-order valence-corrected chi connectivity index (χ3v) is 5.41. The minimum Gasteiger partial charge on any atom is -0.380 e. The molecule has 1 aromatic carbocycles. The molecule has 0 unspecified atom stereocenters. The van der Waals surface area contributed by atoms with Gasteiger partial charge >= 0.3 is 6.18 Å². The average molecular weight is 359 g/mol. The zero-order valence-electron chi connectivity index (χ0n) is 14.2. The molecule has 1 heterocycles. The van der Waals surface area contributed by atoms with Gasteiger partial charge in [0.25, 0.3) is 0 Å². The van der Waals surface area contributed by atoms with Crippen molar-refractivity contribution < 1.29 is 17.6 Å². The van der Waals surface area contributed by atoms with Crippen molar-refractivity contribution in [2.24, 2.45) is 11.7 Å². The number of halogens is 4. The second-order valence-electron chi connectivity index (χ2n) is 7.22. The summed E-state index contributed by atoms with van der Waals surface area (Å²) in [4.78, 5) is 1.83. The molecule has 3 nitrogen and oxygen atoms in total. The van der Waals surface area contributed by atoms with Gasteiger partial charge in [-0.15, -0.1) is 0 Å². The lowest BCUT2D eigenvalue weighted by atomic mass is 9.91. The zero-order chi connectivity index (χ0) is 18.0. The Kier molecular flexibility index (Phi) is 5.41. The number of piperidine rings is 1. The standard InChI is InChI=1S/C18H25F4N3/c19-16-11-15(25-9-7-12(8-10-25)18(20,21)22)5-6-17(16)24-14-3-1-13(23)2-4-14/h5-6,11-14,24H,1-4,7-10,23H2. The smallest absolute Gasteiger partial charge is 0.380 e. The maximum atomic E-state index is 14.4. The van der Waals surface area contributed by atoms with Gasteiger partial charge in [0.1, 0.15) is 5.82 Å². The molecule has 2 aliphatic rings. The van der Waals surface area contributed by atoms with Crippen molar-refractivity contribution in [2.75, 3.05) is 23.3 Å². The van der Waals surface area contributed by atoms with Crippen LogP contribution in [0.4, 0.5) is 28.9 Å². The normalized spacial score (nSPS) is 25.9. The molecule has 1 aliphatic carbocycles. The summed E-state index contributed by atoms with van der Waals surface area (Å²) >= 11 is 0. The molecule has 3 N–H and O–H groups in total. The van der Waals surface area contributed by atoms with Crippen LogP contribution >= 0.6 is 0 Å². The molecule has 1 saturated carbocycles. The number of anilines is 2. The van der Waals surface area contributed by atoms with E-state index in [2.05, 4.69) is 5.32 Å². The Labute approximate surface area is 145 Å². The molecule has 2 fully saturated rings. The monoisotopic (exact) mass is 359 g/mol. The van der Waals surface area contributed by atoms with Crippen molar-refractivity contribution in [3.8, 4) is 0 Å². The predicted octanol–water partition coefficient (Wildman–Crippen LogP) is 4.29. The summed E-state index contributed by atoms with van der Waals surface area (Å²) in [6.07, 6.45) is -0.285. The van der Waals surface area contributed by atoms with Crippen molar-refractivity contribution in [3.63, 3.8) is 0 Å². The van der Waals surface area contributed by atoms with E-state index in [1.165, 1.54) is 6.07 Å². The molecule has 1 aromatic rings. The molecule has 3 rings (SSSR count). The van der Waals surface area contributed by atoms with Gasteiger partial charge in [0.05, 0.1) is 11.6 Å². The zero-order valence-corrected chi connectivity index (χ0v) is 14.2. The Balaban J connectivity index is 1.59. The Morgan fingerprint density at radius 1 is 1.00 bits per heavy atom. The molecule has 25 heavy (non-hydrogen) atoms. The fourth-order valence-electron chi connectivity index (χ4n) is 3.77. The molecule has 0 bridgehead atoms. The van der Waals surface area contributed by atoms with E-state index in [1.807, 2.05) is 4.90 Å². The van der Waals surface area contributed by atoms with Crippen molar-refractivity contribution in [3.05, 3.63) is 24.0 Å². The number of hydrogen-bond donors (Lipinski definition) is 2. The molecule has 140 valence electrons. The van der Waals surface area contributed by atoms with E-state index in [-0.39, 0.29) is 30.7 Å². The third-order valence-electron chi connectivity index (χ3n) is 5.41. The van der Waals surface area contributed by atoms with Gasteiger partial charge in [-0.25, -0.2) is 4.39 Å². The number of nitrogens with one attached hydrogen (secondary N) is 1. The maximum absolute atomic E-state index is 14.4. The van der Waals surface area contributed by atoms with E-state index >= 15 is 0 Å². The highest BCUT2D eigenvalue weighted by Crippen LogP contribution is 2.36. The molecule has 0 amide bonds. The Hall–Kier alpha value is -1.50. The molecular weight excluding hydrogens is 334 g/mol. The van der Waals surface area contributed by atoms with Gasteiger partial charge in [0, 0.05) is 30.9 Å². The van der Waals surface area contributed by atoms with Gasteiger partial charge in [-0.2, -0.15) is 13.2 Å². The fourth-order valence-corrected chi connectivity index (χ4v) is 3.77. The second kappa shape index (κ2) is 7.40. The Morgan fingerprint density at radius 3 is 2.20 bits per heavy atom. The fraction of sp³-hybridized carbons (Fsp3) is 0.667. The SMILES string of the molecule is NC1CCC(Nc2ccc(N3CCC(C(F)(F)F)CC3)cc2F)CC1. The minimum atomic E-state index is -4.13. The number of nitrogens with zero attached hydrogens (tertiary/aromatic N) is 1. The highest BCUT2D eigenvalue weighted by Gasteiger charge is 2.41. The van der Waals surface area contributed by atoms with E-state index in [4.69, 9.17) is 5.73 Å². The molecule has 0 aromatic heterocycles. The second-order valence-corrected chi connectivity index (χ2v) is 7.22. The largest absolute Gasteiger partial charge is 0.391 e. The topological polar surface area (TPSA) is 41.3 Å². The summed E-state index contributed by atoms with van der Waals surface area (Å²) in [5.74, 6) is -1.60. The van der Waals surface area contributed by atoms with E-state index in [1.54, 1.807) is 12.1 Å². The first-order valence-corrected chi connectivity index (χ1v) is 8.96. The summed E-state index contributed by atoms with van der Waals surface area (Å²) in [6.45, 7) is 0.605.